The largest absolute Gasteiger partial charge is 0.381 e. The van der Waals surface area contributed by atoms with Gasteiger partial charge in [-0.05, 0) is 41.9 Å². The number of rotatable bonds is 8. The van der Waals surface area contributed by atoms with E-state index >= 15 is 0 Å². The Morgan fingerprint density at radius 3 is 2.72 bits per heavy atom. The summed E-state index contributed by atoms with van der Waals surface area (Å²) in [5.74, 6) is 1.58. The Kier molecular flexibility index (Phi) is 11.0. The molecule has 2 rings (SSSR count). The number of hydrogen-bond donors (Lipinski definition) is 1. The second-order valence-electron chi connectivity index (χ2n) is 6.33. The minimum atomic E-state index is 0. The van der Waals surface area contributed by atoms with E-state index in [4.69, 9.17) is 4.74 Å². The van der Waals surface area contributed by atoms with Gasteiger partial charge in [-0.1, -0.05) is 13.8 Å². The van der Waals surface area contributed by atoms with E-state index in [1.807, 2.05) is 7.05 Å². The van der Waals surface area contributed by atoms with Crippen molar-refractivity contribution in [3.63, 3.8) is 0 Å². The summed E-state index contributed by atoms with van der Waals surface area (Å²) in [6, 6.07) is 2.61. The molecule has 0 radical (unpaired) electrons. The van der Waals surface area contributed by atoms with Crippen molar-refractivity contribution in [3.8, 4) is 0 Å². The maximum Gasteiger partial charge on any atom is 0.193 e. The highest BCUT2D eigenvalue weighted by atomic mass is 127. The highest BCUT2D eigenvalue weighted by molar-refractivity contribution is 14.0. The number of nitrogens with zero attached hydrogens (tertiary/aromatic N) is 3. The first kappa shape index (κ1) is 22.7. The third kappa shape index (κ3) is 6.69. The Morgan fingerprint density at radius 1 is 1.44 bits per heavy atom. The van der Waals surface area contributed by atoms with Crippen LogP contribution in [0.25, 0.3) is 0 Å². The van der Waals surface area contributed by atoms with Crippen molar-refractivity contribution < 1.29 is 4.74 Å². The molecule has 7 heteroatoms. The molecule has 0 aliphatic carbocycles. The Labute approximate surface area is 173 Å². The molecule has 5 nitrogen and oxygen atoms in total. The topological polar surface area (TPSA) is 40.1 Å². The minimum absolute atomic E-state index is 0. The smallest absolute Gasteiger partial charge is 0.193 e. The predicted octanol–water partition coefficient (Wildman–Crippen LogP) is 3.29. The summed E-state index contributed by atoms with van der Waals surface area (Å²) in [6.07, 6.45) is 1.15. The van der Waals surface area contributed by atoms with Crippen LogP contribution in [0.2, 0.25) is 0 Å². The van der Waals surface area contributed by atoms with E-state index < -0.39 is 0 Å². The van der Waals surface area contributed by atoms with Crippen LogP contribution in [0, 0.1) is 5.92 Å². The predicted molar refractivity (Wildman–Crippen MR) is 118 cm³/mol. The van der Waals surface area contributed by atoms with Crippen LogP contribution in [0.1, 0.15) is 31.9 Å². The van der Waals surface area contributed by atoms with E-state index in [0.29, 0.717) is 12.0 Å². The number of thiophene rings is 1. The Balaban J connectivity index is 0.00000312. The molecule has 144 valence electrons. The second kappa shape index (κ2) is 12.1. The Hall–Kier alpha value is -0.380. The van der Waals surface area contributed by atoms with Crippen LogP contribution in [0.4, 0.5) is 0 Å². The maximum atomic E-state index is 5.49. The van der Waals surface area contributed by atoms with Gasteiger partial charge in [-0.3, -0.25) is 9.89 Å². The maximum absolute atomic E-state index is 5.49. The van der Waals surface area contributed by atoms with E-state index in [-0.39, 0.29) is 24.0 Å². The summed E-state index contributed by atoms with van der Waals surface area (Å²) in [7, 11) is 3.98. The minimum Gasteiger partial charge on any atom is -0.381 e. The van der Waals surface area contributed by atoms with E-state index in [9.17, 15) is 0 Å². The van der Waals surface area contributed by atoms with Crippen molar-refractivity contribution in [2.24, 2.45) is 10.9 Å². The van der Waals surface area contributed by atoms with Gasteiger partial charge in [-0.2, -0.15) is 11.3 Å². The normalized spacial score (nSPS) is 18.9. The fourth-order valence-corrected chi connectivity index (χ4v) is 4.07. The molecule has 0 spiro atoms. The van der Waals surface area contributed by atoms with Gasteiger partial charge in [-0.25, -0.2) is 0 Å². The van der Waals surface area contributed by atoms with Crippen LogP contribution in [0.5, 0.6) is 0 Å². The zero-order valence-electron chi connectivity index (χ0n) is 15.9. The summed E-state index contributed by atoms with van der Waals surface area (Å²) < 4.78 is 5.49. The number of guanidine groups is 1. The third-order valence-electron chi connectivity index (χ3n) is 4.76. The standard InChI is InChI=1S/C18H32N4OS.HI/c1-5-22(6-2)17(16-8-10-24-14-16)11-20-18(19-3)21(4)12-15-7-9-23-13-15;/h8,10,14-15,17H,5-7,9,11-13H2,1-4H3,(H,19,20);1H. The zero-order valence-corrected chi connectivity index (χ0v) is 19.0. The van der Waals surface area contributed by atoms with Crippen LogP contribution in [-0.4, -0.2) is 69.2 Å². The number of hydrogen-bond acceptors (Lipinski definition) is 4. The molecule has 0 saturated carbocycles. The van der Waals surface area contributed by atoms with Crippen molar-refractivity contribution >= 4 is 41.3 Å². The highest BCUT2D eigenvalue weighted by Gasteiger charge is 2.21. The average Bonchev–Trinajstić information content (AvgIpc) is 3.28. The molecule has 1 saturated heterocycles. The first-order chi connectivity index (χ1) is 11.7. The average molecular weight is 480 g/mol. The summed E-state index contributed by atoms with van der Waals surface area (Å²) in [6.45, 7) is 10.2. The van der Waals surface area contributed by atoms with Gasteiger partial charge in [0.1, 0.15) is 0 Å². The zero-order chi connectivity index (χ0) is 17.4. The van der Waals surface area contributed by atoms with Gasteiger partial charge in [0.05, 0.1) is 12.6 Å². The van der Waals surface area contributed by atoms with Crippen molar-refractivity contribution in [2.75, 3.05) is 53.5 Å². The molecule has 1 N–H and O–H groups in total. The van der Waals surface area contributed by atoms with Crippen LogP contribution in [0.3, 0.4) is 0 Å². The molecule has 1 aromatic rings. The Bertz CT molecular complexity index is 487. The van der Waals surface area contributed by atoms with Gasteiger partial charge in [0.15, 0.2) is 5.96 Å². The lowest BCUT2D eigenvalue weighted by Crippen LogP contribution is -2.45. The number of ether oxygens (including phenoxy) is 1. The molecular weight excluding hydrogens is 447 g/mol. The second-order valence-corrected chi connectivity index (χ2v) is 7.11. The monoisotopic (exact) mass is 480 g/mol. The molecule has 1 fully saturated rings. The molecule has 1 aliphatic heterocycles. The van der Waals surface area contributed by atoms with Crippen LogP contribution in [0.15, 0.2) is 21.8 Å². The molecule has 0 bridgehead atoms. The fraction of sp³-hybridized carbons (Fsp3) is 0.722. The number of aliphatic imine (C=N–C) groups is 1. The van der Waals surface area contributed by atoms with Gasteiger partial charge < -0.3 is 15.0 Å². The molecule has 0 amide bonds. The number of nitrogens with one attached hydrogen (secondary N) is 1. The molecule has 1 aromatic heterocycles. The fourth-order valence-electron chi connectivity index (χ4n) is 3.36. The van der Waals surface area contributed by atoms with Crippen molar-refractivity contribution in [1.82, 2.24) is 15.1 Å². The lowest BCUT2D eigenvalue weighted by molar-refractivity contribution is 0.181. The SMILES string of the molecule is CCN(CC)C(CNC(=NC)N(C)CC1CCOC1)c1ccsc1.I. The number of halogens is 1. The van der Waals surface area contributed by atoms with Gasteiger partial charge in [-0.15, -0.1) is 24.0 Å². The number of likely N-dealkylation sites (N-methyl/N-ethyl adjacent to an activating group) is 1. The molecule has 2 unspecified atom stereocenters. The first-order valence-electron chi connectivity index (χ1n) is 8.95. The molecule has 2 heterocycles. The first-order valence-corrected chi connectivity index (χ1v) is 9.89. The summed E-state index contributed by atoms with van der Waals surface area (Å²) in [5, 5.41) is 8.00. The van der Waals surface area contributed by atoms with E-state index in [1.54, 1.807) is 11.3 Å². The summed E-state index contributed by atoms with van der Waals surface area (Å²) in [5.41, 5.74) is 1.39. The van der Waals surface area contributed by atoms with E-state index in [2.05, 4.69) is 57.8 Å². The van der Waals surface area contributed by atoms with Gasteiger partial charge >= 0.3 is 0 Å². The molecule has 25 heavy (non-hydrogen) atoms. The summed E-state index contributed by atoms with van der Waals surface area (Å²) >= 11 is 1.76. The quantitative estimate of drug-likeness (QED) is 0.352. The van der Waals surface area contributed by atoms with Gasteiger partial charge in [0.25, 0.3) is 0 Å². The molecule has 2 atom stereocenters. The van der Waals surface area contributed by atoms with Crippen LogP contribution < -0.4 is 5.32 Å². The third-order valence-corrected chi connectivity index (χ3v) is 5.47. The highest BCUT2D eigenvalue weighted by Crippen LogP contribution is 2.22. The van der Waals surface area contributed by atoms with E-state index in [0.717, 1.165) is 51.8 Å². The van der Waals surface area contributed by atoms with Crippen molar-refractivity contribution in [3.05, 3.63) is 22.4 Å². The summed E-state index contributed by atoms with van der Waals surface area (Å²) in [4.78, 5) is 9.19. The molecule has 0 aromatic carbocycles. The lowest BCUT2D eigenvalue weighted by atomic mass is 10.1. The van der Waals surface area contributed by atoms with Crippen LogP contribution in [-0.2, 0) is 4.74 Å². The lowest BCUT2D eigenvalue weighted by Gasteiger charge is -2.31. The van der Waals surface area contributed by atoms with Gasteiger partial charge in [0.2, 0.25) is 0 Å². The van der Waals surface area contributed by atoms with E-state index in [1.165, 1.54) is 5.56 Å². The van der Waals surface area contributed by atoms with Crippen molar-refractivity contribution in [1.29, 1.82) is 0 Å². The molecular formula is C18H33IN4OS. The van der Waals surface area contributed by atoms with Crippen molar-refractivity contribution in [2.45, 2.75) is 26.3 Å². The van der Waals surface area contributed by atoms with Gasteiger partial charge in [0, 0.05) is 39.7 Å². The van der Waals surface area contributed by atoms with Crippen LogP contribution >= 0.6 is 35.3 Å². The molecule has 1 aliphatic rings. The Morgan fingerprint density at radius 2 is 2.20 bits per heavy atom.